The molecule has 0 N–H and O–H groups in total. The van der Waals surface area contributed by atoms with Crippen LogP contribution in [0.1, 0.15) is 38.5 Å². The van der Waals surface area contributed by atoms with Crippen molar-refractivity contribution < 1.29 is 52.3 Å². The lowest BCUT2D eigenvalue weighted by molar-refractivity contribution is -0.162. The molecule has 0 amide bonds. The van der Waals surface area contributed by atoms with E-state index in [-0.39, 0.29) is 77.5 Å². The zero-order valence-electron chi connectivity index (χ0n) is 24.1. The summed E-state index contributed by atoms with van der Waals surface area (Å²) in [5.74, 6) is -4.78. The van der Waals surface area contributed by atoms with Gasteiger partial charge < -0.3 is 33.2 Å². The van der Waals surface area contributed by atoms with E-state index < -0.39 is 41.6 Å². The van der Waals surface area contributed by atoms with Crippen molar-refractivity contribution in [2.75, 3.05) is 46.2 Å². The third-order valence-corrected chi connectivity index (χ3v) is 7.15. The Labute approximate surface area is 247 Å². The molecule has 232 valence electrons. The summed E-state index contributed by atoms with van der Waals surface area (Å²) in [7, 11) is 0. The summed E-state index contributed by atoms with van der Waals surface area (Å²) in [5, 5.41) is 0. The topological polar surface area (TPSA) is 133 Å². The van der Waals surface area contributed by atoms with Crippen LogP contribution in [0.3, 0.4) is 0 Å². The zero-order valence-corrected chi connectivity index (χ0v) is 24.1. The van der Waals surface area contributed by atoms with Crippen LogP contribution >= 0.6 is 0 Å². The maximum atomic E-state index is 13.3. The number of rotatable bonds is 21. The molecule has 0 bridgehead atoms. The average molecular weight is 591 g/mol. The highest BCUT2D eigenvalue weighted by atomic mass is 16.6. The maximum Gasteiger partial charge on any atom is 0.310 e. The van der Waals surface area contributed by atoms with E-state index in [1.807, 2.05) is 0 Å². The van der Waals surface area contributed by atoms with Crippen molar-refractivity contribution in [1.82, 2.24) is 0 Å². The number of carbonyl (C=O) groups excluding carboxylic acids is 4. The lowest BCUT2D eigenvalue weighted by Crippen LogP contribution is -2.41. The van der Waals surface area contributed by atoms with Gasteiger partial charge in [-0.2, -0.15) is 0 Å². The second-order valence-corrected chi connectivity index (χ2v) is 9.67. The third-order valence-electron chi connectivity index (χ3n) is 7.15. The molecular formula is C31H42O11. The van der Waals surface area contributed by atoms with E-state index in [4.69, 9.17) is 33.2 Å². The molecule has 4 atom stereocenters. The monoisotopic (exact) mass is 590 g/mol. The van der Waals surface area contributed by atoms with E-state index in [1.165, 1.54) is 25.0 Å². The molecule has 0 saturated carbocycles. The highest BCUT2D eigenvalue weighted by Crippen LogP contribution is 2.46. The fourth-order valence-corrected chi connectivity index (χ4v) is 5.20. The number of ketones is 1. The number of carbonyl (C=O) groups is 4. The van der Waals surface area contributed by atoms with Crippen LogP contribution in [0.2, 0.25) is 0 Å². The van der Waals surface area contributed by atoms with Crippen LogP contribution in [0.4, 0.5) is 0 Å². The largest absolute Gasteiger partial charge is 0.502 e. The Bertz CT molecular complexity index is 845. The van der Waals surface area contributed by atoms with Gasteiger partial charge in [-0.05, 0) is 32.1 Å². The molecule has 0 aliphatic heterocycles. The average Bonchev–Trinajstić information content (AvgIpc) is 3.00. The van der Waals surface area contributed by atoms with Crippen LogP contribution in [0.25, 0.3) is 0 Å². The molecule has 0 aromatic rings. The van der Waals surface area contributed by atoms with E-state index in [0.29, 0.717) is 13.0 Å². The van der Waals surface area contributed by atoms with Gasteiger partial charge in [-0.3, -0.25) is 19.2 Å². The summed E-state index contributed by atoms with van der Waals surface area (Å²) in [5.41, 5.74) is 1.72. The van der Waals surface area contributed by atoms with Crippen molar-refractivity contribution in [1.29, 1.82) is 0 Å². The van der Waals surface area contributed by atoms with Crippen molar-refractivity contribution in [2.24, 2.45) is 23.7 Å². The van der Waals surface area contributed by atoms with Gasteiger partial charge in [-0.15, -0.1) is 0 Å². The molecule has 0 heterocycles. The van der Waals surface area contributed by atoms with E-state index >= 15 is 0 Å². The lowest BCUT2D eigenvalue weighted by Gasteiger charge is -2.39. The predicted molar refractivity (Wildman–Crippen MR) is 151 cm³/mol. The van der Waals surface area contributed by atoms with E-state index in [2.05, 4.69) is 26.3 Å². The first kappa shape index (κ1) is 34.2. The van der Waals surface area contributed by atoms with Crippen LogP contribution in [-0.2, 0) is 52.3 Å². The second kappa shape index (κ2) is 19.2. The summed E-state index contributed by atoms with van der Waals surface area (Å²) in [6.07, 6.45) is 6.63. The van der Waals surface area contributed by atoms with Crippen molar-refractivity contribution in [3.8, 4) is 0 Å². The smallest absolute Gasteiger partial charge is 0.310 e. The molecule has 0 spiro atoms. The molecule has 0 saturated heterocycles. The first-order valence-electron chi connectivity index (χ1n) is 14.0. The quantitative estimate of drug-likeness (QED) is 0.0632. The number of hydrogen-bond donors (Lipinski definition) is 0. The zero-order chi connectivity index (χ0) is 30.7. The molecule has 4 unspecified atom stereocenters. The van der Waals surface area contributed by atoms with Crippen molar-refractivity contribution in [3.05, 3.63) is 62.5 Å². The van der Waals surface area contributed by atoms with Crippen LogP contribution in [-0.4, -0.2) is 69.9 Å². The molecule has 0 fully saturated rings. The summed E-state index contributed by atoms with van der Waals surface area (Å²) in [6, 6.07) is 0. The van der Waals surface area contributed by atoms with Crippen LogP contribution in [0.5, 0.6) is 0 Å². The fourth-order valence-electron chi connectivity index (χ4n) is 5.20. The van der Waals surface area contributed by atoms with Gasteiger partial charge in [0.2, 0.25) is 0 Å². The number of allylic oxidation sites excluding steroid dienone is 2. The Hall–Kier alpha value is -4.02. The van der Waals surface area contributed by atoms with Gasteiger partial charge in [0.15, 0.2) is 0 Å². The minimum atomic E-state index is -0.832. The highest BCUT2D eigenvalue weighted by Gasteiger charge is 2.46. The lowest BCUT2D eigenvalue weighted by atomic mass is 9.65. The van der Waals surface area contributed by atoms with Gasteiger partial charge in [-0.1, -0.05) is 37.5 Å². The molecule has 2 rings (SSSR count). The predicted octanol–water partition coefficient (Wildman–Crippen LogP) is 3.95. The van der Waals surface area contributed by atoms with Crippen molar-refractivity contribution in [3.63, 3.8) is 0 Å². The van der Waals surface area contributed by atoms with Gasteiger partial charge in [0.05, 0.1) is 49.4 Å². The summed E-state index contributed by atoms with van der Waals surface area (Å²) >= 11 is 0. The van der Waals surface area contributed by atoms with Gasteiger partial charge in [-0.25, -0.2) is 0 Å². The van der Waals surface area contributed by atoms with E-state index in [0.717, 1.165) is 11.1 Å². The summed E-state index contributed by atoms with van der Waals surface area (Å²) in [4.78, 5) is 52.8. The molecule has 42 heavy (non-hydrogen) atoms. The molecule has 11 heteroatoms. The summed E-state index contributed by atoms with van der Waals surface area (Å²) < 4.78 is 36.4. The minimum absolute atomic E-state index is 0.00650. The number of ether oxygens (including phenoxy) is 7. The SMILES string of the molecule is C=COCCCC(=O)C1CC2=C(CC1C(=O)OCCOC=C)CC(C(=O)OCCOC=C)C(C(=O)OCCOC=C)C2. The highest BCUT2D eigenvalue weighted by molar-refractivity contribution is 5.88. The normalized spacial score (nSPS) is 21.0. The van der Waals surface area contributed by atoms with E-state index in [1.54, 1.807) is 0 Å². The molecule has 2 aliphatic rings. The molecule has 0 radical (unpaired) electrons. The van der Waals surface area contributed by atoms with Gasteiger partial charge >= 0.3 is 17.9 Å². The molecule has 11 nitrogen and oxygen atoms in total. The Morgan fingerprint density at radius 3 is 1.24 bits per heavy atom. The van der Waals surface area contributed by atoms with Crippen LogP contribution < -0.4 is 0 Å². The Kier molecular flexibility index (Phi) is 15.6. The minimum Gasteiger partial charge on any atom is -0.502 e. The Morgan fingerprint density at radius 1 is 0.524 bits per heavy atom. The Balaban J connectivity index is 2.28. The van der Waals surface area contributed by atoms with E-state index in [9.17, 15) is 19.2 Å². The van der Waals surface area contributed by atoms with Crippen LogP contribution in [0, 0.1) is 23.7 Å². The molecule has 0 aromatic carbocycles. The van der Waals surface area contributed by atoms with Crippen molar-refractivity contribution >= 4 is 23.7 Å². The third kappa shape index (κ3) is 10.8. The Morgan fingerprint density at radius 2 is 0.857 bits per heavy atom. The fraction of sp³-hybridized carbons (Fsp3) is 0.548. The van der Waals surface area contributed by atoms with Gasteiger partial charge in [0.1, 0.15) is 45.4 Å². The van der Waals surface area contributed by atoms with Gasteiger partial charge in [0.25, 0.3) is 0 Å². The van der Waals surface area contributed by atoms with Gasteiger partial charge in [0, 0.05) is 12.3 Å². The van der Waals surface area contributed by atoms with Crippen LogP contribution in [0.15, 0.2) is 62.5 Å². The standard InChI is InChI=1S/C31H42O11/c1-5-36-11-9-10-28(32)24-18-22-20-26(30(34)41-16-13-38-7-3)27(31(35)42-17-14-39-8-4)21-23(22)19-25(24)29(33)40-15-12-37-6-2/h5-8,24-27H,1-4,9-21H2. The molecule has 2 aliphatic carbocycles. The first-order chi connectivity index (χ1) is 20.4. The van der Waals surface area contributed by atoms with Crippen molar-refractivity contribution in [2.45, 2.75) is 38.5 Å². The number of hydrogen-bond acceptors (Lipinski definition) is 11. The first-order valence-corrected chi connectivity index (χ1v) is 14.0. The number of esters is 3. The molecular weight excluding hydrogens is 548 g/mol. The second-order valence-electron chi connectivity index (χ2n) is 9.67. The number of Topliss-reactive ketones (excluding diaryl/α,β-unsaturated/α-hetero) is 1. The maximum absolute atomic E-state index is 13.3. The summed E-state index contributed by atoms with van der Waals surface area (Å²) in [6.45, 7) is 14.5. The molecule has 0 aromatic heterocycles.